The smallest absolute Gasteiger partial charge is 0.273 e. The number of aryl methyl sites for hydroxylation is 1. The van der Waals surface area contributed by atoms with E-state index in [4.69, 9.17) is 0 Å². The summed E-state index contributed by atoms with van der Waals surface area (Å²) < 4.78 is 1.95. The van der Waals surface area contributed by atoms with E-state index >= 15 is 0 Å². The van der Waals surface area contributed by atoms with Crippen molar-refractivity contribution in [3.8, 4) is 0 Å². The monoisotopic (exact) mass is 354 g/mol. The third-order valence-corrected chi connectivity index (χ3v) is 5.35. The van der Waals surface area contributed by atoms with E-state index in [1.54, 1.807) is 4.90 Å². The molecule has 1 aromatic heterocycles. The lowest BCUT2D eigenvalue weighted by atomic mass is 9.87. The van der Waals surface area contributed by atoms with Gasteiger partial charge in [-0.1, -0.05) is 54.6 Å². The van der Waals surface area contributed by atoms with Gasteiger partial charge in [-0.3, -0.25) is 9.69 Å². The standard InChI is InChI=1S/C23H18N2O2/c1-24-15-19(17-11-5-7-13-20(17)24)23(27)18-12-6-8-14-21(18)25(22(23)26)16-9-3-2-4-10-16/h2-15,27H,1H3/t23-/m0/s1. The zero-order valence-electron chi connectivity index (χ0n) is 14.8. The van der Waals surface area contributed by atoms with Gasteiger partial charge in [0.25, 0.3) is 5.91 Å². The van der Waals surface area contributed by atoms with Gasteiger partial charge in [0.15, 0.2) is 5.60 Å². The average molecular weight is 354 g/mol. The second-order valence-electron chi connectivity index (χ2n) is 6.87. The Morgan fingerprint density at radius 1 is 0.815 bits per heavy atom. The summed E-state index contributed by atoms with van der Waals surface area (Å²) in [5.74, 6) is -0.355. The fourth-order valence-corrected chi connectivity index (χ4v) is 4.08. The Bertz CT molecular complexity index is 1180. The molecule has 27 heavy (non-hydrogen) atoms. The molecule has 1 aliphatic heterocycles. The Hall–Kier alpha value is -3.37. The summed E-state index contributed by atoms with van der Waals surface area (Å²) in [6.45, 7) is 0. The van der Waals surface area contributed by atoms with E-state index in [1.807, 2.05) is 96.7 Å². The highest BCUT2D eigenvalue weighted by atomic mass is 16.3. The fourth-order valence-electron chi connectivity index (χ4n) is 4.08. The van der Waals surface area contributed by atoms with Crippen molar-refractivity contribution in [2.45, 2.75) is 5.60 Å². The fraction of sp³-hybridized carbons (Fsp3) is 0.0870. The molecule has 0 unspecified atom stereocenters. The number of fused-ring (bicyclic) bond motifs is 2. The minimum Gasteiger partial charge on any atom is -0.372 e. The van der Waals surface area contributed by atoms with Gasteiger partial charge in [-0.2, -0.15) is 0 Å². The number of carbonyl (C=O) groups is 1. The molecule has 1 N–H and O–H groups in total. The number of hydrogen-bond acceptors (Lipinski definition) is 2. The second kappa shape index (κ2) is 5.56. The van der Waals surface area contributed by atoms with E-state index in [0.29, 0.717) is 16.8 Å². The van der Waals surface area contributed by atoms with Gasteiger partial charge in [0.2, 0.25) is 0 Å². The number of amides is 1. The van der Waals surface area contributed by atoms with Crippen LogP contribution in [0, 0.1) is 0 Å². The molecule has 5 rings (SSSR count). The van der Waals surface area contributed by atoms with Gasteiger partial charge in [0.05, 0.1) is 5.69 Å². The molecular formula is C23H18N2O2. The van der Waals surface area contributed by atoms with Crippen LogP contribution in [0.5, 0.6) is 0 Å². The summed E-state index contributed by atoms with van der Waals surface area (Å²) in [5.41, 5.74) is 1.92. The highest BCUT2D eigenvalue weighted by Gasteiger charge is 2.52. The van der Waals surface area contributed by atoms with Gasteiger partial charge in [0, 0.05) is 41.0 Å². The molecule has 4 nitrogen and oxygen atoms in total. The first-order chi connectivity index (χ1) is 13.1. The Morgan fingerprint density at radius 3 is 2.30 bits per heavy atom. The second-order valence-corrected chi connectivity index (χ2v) is 6.87. The molecule has 1 atom stereocenters. The van der Waals surface area contributed by atoms with Crippen LogP contribution in [0.15, 0.2) is 85.1 Å². The van der Waals surface area contributed by atoms with Crippen molar-refractivity contribution in [1.82, 2.24) is 4.57 Å². The zero-order valence-corrected chi connectivity index (χ0v) is 14.8. The van der Waals surface area contributed by atoms with Crippen LogP contribution in [0.25, 0.3) is 10.9 Å². The lowest BCUT2D eigenvalue weighted by Gasteiger charge is -2.23. The van der Waals surface area contributed by atoms with E-state index in [2.05, 4.69) is 0 Å². The number of aromatic nitrogens is 1. The van der Waals surface area contributed by atoms with Crippen molar-refractivity contribution in [2.24, 2.45) is 7.05 Å². The molecule has 4 aromatic rings. The third-order valence-electron chi connectivity index (χ3n) is 5.35. The Morgan fingerprint density at radius 2 is 1.48 bits per heavy atom. The average Bonchev–Trinajstić information content (AvgIpc) is 3.17. The van der Waals surface area contributed by atoms with Crippen LogP contribution in [0.1, 0.15) is 11.1 Å². The molecule has 0 fully saturated rings. The maximum Gasteiger partial charge on any atom is 0.273 e. The maximum atomic E-state index is 13.6. The van der Waals surface area contributed by atoms with Crippen LogP contribution in [-0.2, 0) is 17.4 Å². The molecule has 132 valence electrons. The molecule has 0 saturated carbocycles. The van der Waals surface area contributed by atoms with Crippen molar-refractivity contribution < 1.29 is 9.90 Å². The molecule has 4 heteroatoms. The van der Waals surface area contributed by atoms with Crippen LogP contribution < -0.4 is 4.90 Å². The molecule has 3 aromatic carbocycles. The number of hydrogen-bond donors (Lipinski definition) is 1. The zero-order chi connectivity index (χ0) is 18.6. The minimum absolute atomic E-state index is 0.355. The van der Waals surface area contributed by atoms with Crippen molar-refractivity contribution >= 4 is 28.2 Å². The molecule has 0 saturated heterocycles. The van der Waals surface area contributed by atoms with Crippen molar-refractivity contribution in [3.05, 3.63) is 96.2 Å². The minimum atomic E-state index is -1.73. The van der Waals surface area contributed by atoms with E-state index in [-0.39, 0.29) is 5.91 Å². The van der Waals surface area contributed by atoms with Crippen molar-refractivity contribution in [2.75, 3.05) is 4.90 Å². The van der Waals surface area contributed by atoms with E-state index in [9.17, 15) is 9.90 Å². The molecule has 0 spiro atoms. The summed E-state index contributed by atoms with van der Waals surface area (Å²) in [7, 11) is 1.93. The van der Waals surface area contributed by atoms with Gasteiger partial charge < -0.3 is 9.67 Å². The van der Waals surface area contributed by atoms with E-state index < -0.39 is 5.60 Å². The number of anilines is 2. The number of benzene rings is 3. The van der Waals surface area contributed by atoms with Crippen LogP contribution in [-0.4, -0.2) is 15.6 Å². The Kier molecular flexibility index (Phi) is 3.27. The number of nitrogens with zero attached hydrogens (tertiary/aromatic N) is 2. The van der Waals surface area contributed by atoms with E-state index in [1.165, 1.54) is 0 Å². The quantitative estimate of drug-likeness (QED) is 0.589. The molecular weight excluding hydrogens is 336 g/mol. The molecule has 0 aliphatic carbocycles. The Labute approximate surface area is 156 Å². The highest BCUT2D eigenvalue weighted by Crippen LogP contribution is 2.49. The number of aliphatic hydroxyl groups is 1. The predicted octanol–water partition coefficient (Wildman–Crippen LogP) is 4.09. The number of para-hydroxylation sites is 3. The molecule has 0 radical (unpaired) electrons. The lowest BCUT2D eigenvalue weighted by molar-refractivity contribution is -0.131. The van der Waals surface area contributed by atoms with Gasteiger partial charge in [-0.05, 0) is 24.3 Å². The van der Waals surface area contributed by atoms with Gasteiger partial charge in [-0.25, -0.2) is 0 Å². The topological polar surface area (TPSA) is 45.5 Å². The summed E-state index contributed by atoms with van der Waals surface area (Å²) in [6.07, 6.45) is 1.86. The van der Waals surface area contributed by atoms with Gasteiger partial charge in [-0.15, -0.1) is 0 Å². The summed E-state index contributed by atoms with van der Waals surface area (Å²) >= 11 is 0. The maximum absolute atomic E-state index is 13.6. The van der Waals surface area contributed by atoms with Gasteiger partial charge >= 0.3 is 0 Å². The van der Waals surface area contributed by atoms with Gasteiger partial charge in [0.1, 0.15) is 0 Å². The first-order valence-electron chi connectivity index (χ1n) is 8.88. The molecule has 0 bridgehead atoms. The number of carbonyl (C=O) groups excluding carboxylic acids is 1. The lowest BCUT2D eigenvalue weighted by Crippen LogP contribution is -2.39. The van der Waals surface area contributed by atoms with Crippen LogP contribution in [0.2, 0.25) is 0 Å². The largest absolute Gasteiger partial charge is 0.372 e. The highest BCUT2D eigenvalue weighted by molar-refractivity contribution is 6.15. The van der Waals surface area contributed by atoms with Crippen molar-refractivity contribution in [3.63, 3.8) is 0 Å². The SMILES string of the molecule is Cn1cc([C@]2(O)C(=O)N(c3ccccc3)c3ccccc32)c2ccccc21. The van der Waals surface area contributed by atoms with Crippen LogP contribution in [0.3, 0.4) is 0 Å². The number of rotatable bonds is 2. The summed E-state index contributed by atoms with van der Waals surface area (Å²) in [5, 5.41) is 12.7. The summed E-state index contributed by atoms with van der Waals surface area (Å²) in [4.78, 5) is 15.2. The first-order valence-corrected chi connectivity index (χ1v) is 8.88. The molecule has 1 aliphatic rings. The predicted molar refractivity (Wildman–Crippen MR) is 106 cm³/mol. The summed E-state index contributed by atoms with van der Waals surface area (Å²) in [6, 6.07) is 24.7. The molecule has 1 amide bonds. The Balaban J connectivity index is 1.81. The van der Waals surface area contributed by atoms with E-state index in [0.717, 1.165) is 16.6 Å². The molecule has 2 heterocycles. The van der Waals surface area contributed by atoms with Crippen LogP contribution >= 0.6 is 0 Å². The van der Waals surface area contributed by atoms with Crippen molar-refractivity contribution in [1.29, 1.82) is 0 Å². The van der Waals surface area contributed by atoms with Crippen LogP contribution in [0.4, 0.5) is 11.4 Å². The third kappa shape index (κ3) is 2.04. The normalized spacial score (nSPS) is 18.9. The first kappa shape index (κ1) is 15.9.